The Hall–Kier alpha value is -2.98. The first-order chi connectivity index (χ1) is 23.9. The second-order valence-corrected chi connectivity index (χ2v) is 26.4. The summed E-state index contributed by atoms with van der Waals surface area (Å²) in [5.41, 5.74) is 8.87. The van der Waals surface area contributed by atoms with Crippen LogP contribution in [0.15, 0.2) is 67.0 Å². The number of fused-ring (bicyclic) bond motifs is 1. The van der Waals surface area contributed by atoms with Crippen LogP contribution in [0.5, 0.6) is 0 Å². The summed E-state index contributed by atoms with van der Waals surface area (Å²) in [5.74, 6) is 1.39. The van der Waals surface area contributed by atoms with E-state index in [4.69, 9.17) is 39.0 Å². The van der Waals surface area contributed by atoms with Gasteiger partial charge in [-0.25, -0.2) is 15.0 Å². The van der Waals surface area contributed by atoms with E-state index in [9.17, 15) is 0 Å². The van der Waals surface area contributed by atoms with Crippen molar-refractivity contribution >= 4 is 33.6 Å². The van der Waals surface area contributed by atoms with Gasteiger partial charge in [0.1, 0.15) is 11.9 Å². The predicted octanol–water partition coefficient (Wildman–Crippen LogP) is 7.90. The average Bonchev–Trinajstić information content (AvgIpc) is 3.62. The molecule has 0 spiro atoms. The van der Waals surface area contributed by atoms with Gasteiger partial charge in [-0.15, -0.1) is 0 Å². The van der Waals surface area contributed by atoms with E-state index >= 15 is 0 Å². The smallest absolute Gasteiger partial charge is 0.193 e. The third-order valence-corrected chi connectivity index (χ3v) is 20.2. The summed E-state index contributed by atoms with van der Waals surface area (Å²) in [4.78, 5) is 15.0. The van der Waals surface area contributed by atoms with Crippen molar-refractivity contribution in [3.8, 4) is 0 Å². The molecule has 4 aromatic rings. The number of nitrogens with two attached hydrogens (primary N) is 1. The van der Waals surface area contributed by atoms with E-state index in [1.807, 2.05) is 16.7 Å². The van der Waals surface area contributed by atoms with Crippen LogP contribution >= 0.6 is 0 Å². The first-order valence-corrected chi connectivity index (χ1v) is 24.0. The molecule has 278 valence electrons. The van der Waals surface area contributed by atoms with Crippen LogP contribution in [0.2, 0.25) is 36.3 Å². The van der Waals surface area contributed by atoms with Crippen LogP contribution in [-0.4, -0.2) is 81.3 Å². The molecule has 1 aliphatic heterocycles. The van der Waals surface area contributed by atoms with Crippen molar-refractivity contribution in [3.63, 3.8) is 0 Å². The van der Waals surface area contributed by atoms with Crippen LogP contribution in [-0.2, 0) is 24.7 Å². The lowest BCUT2D eigenvalue weighted by atomic mass is 9.91. The van der Waals surface area contributed by atoms with Gasteiger partial charge in [-0.1, -0.05) is 102 Å². The zero-order valence-corrected chi connectivity index (χ0v) is 34.6. The van der Waals surface area contributed by atoms with Crippen molar-refractivity contribution in [2.45, 2.75) is 108 Å². The summed E-state index contributed by atoms with van der Waals surface area (Å²) < 4.78 is 29.5. The summed E-state index contributed by atoms with van der Waals surface area (Å²) in [5, 5.41) is 3.59. The van der Waals surface area contributed by atoms with E-state index in [0.29, 0.717) is 48.9 Å². The minimum absolute atomic E-state index is 0.00907. The van der Waals surface area contributed by atoms with Crippen LogP contribution < -0.4 is 11.1 Å². The highest BCUT2D eigenvalue weighted by Gasteiger charge is 2.60. The molecule has 12 heteroatoms. The molecule has 1 saturated heterocycles. The summed E-state index contributed by atoms with van der Waals surface area (Å²) >= 11 is 0. The van der Waals surface area contributed by atoms with Gasteiger partial charge in [0.05, 0.1) is 19.5 Å². The number of benzene rings is 2. The van der Waals surface area contributed by atoms with Crippen LogP contribution in [0.3, 0.4) is 0 Å². The van der Waals surface area contributed by atoms with Gasteiger partial charge in [-0.2, -0.15) is 0 Å². The second kappa shape index (κ2) is 15.2. The molecule has 0 radical (unpaired) electrons. The predicted molar refractivity (Wildman–Crippen MR) is 211 cm³/mol. The lowest BCUT2D eigenvalue weighted by molar-refractivity contribution is -0.126. The van der Waals surface area contributed by atoms with Crippen molar-refractivity contribution in [3.05, 3.63) is 83.9 Å². The molecule has 1 aliphatic rings. The number of hydrogen-bond donors (Lipinski definition) is 2. The Labute approximate surface area is 307 Å². The molecule has 3 N–H and O–H groups in total. The molecule has 3 atom stereocenters. The van der Waals surface area contributed by atoms with E-state index in [1.54, 1.807) is 13.4 Å². The van der Waals surface area contributed by atoms with Crippen LogP contribution in [0.25, 0.3) is 11.2 Å². The highest BCUT2D eigenvalue weighted by molar-refractivity contribution is 6.74. The van der Waals surface area contributed by atoms with E-state index in [2.05, 4.69) is 122 Å². The Kier molecular flexibility index (Phi) is 11.7. The molecule has 0 amide bonds. The summed E-state index contributed by atoms with van der Waals surface area (Å²) in [6.45, 7) is 24.3. The third-order valence-electron chi connectivity index (χ3n) is 11.2. The molecule has 5 rings (SSSR count). The van der Waals surface area contributed by atoms with Gasteiger partial charge in [0, 0.05) is 26.0 Å². The highest BCUT2D eigenvalue weighted by atomic mass is 28.4. The number of nitrogens with zero attached hydrogens (tertiary/aromatic N) is 4. The Balaban J connectivity index is 1.61. The van der Waals surface area contributed by atoms with Crippen molar-refractivity contribution in [2.75, 3.05) is 38.7 Å². The summed E-state index contributed by atoms with van der Waals surface area (Å²) in [7, 11) is -2.94. The minimum atomic E-state index is -2.41. The van der Waals surface area contributed by atoms with E-state index in [1.165, 1.54) is 11.1 Å². The van der Waals surface area contributed by atoms with Gasteiger partial charge >= 0.3 is 0 Å². The zero-order valence-electron chi connectivity index (χ0n) is 32.6. The Morgan fingerprint density at radius 2 is 1.51 bits per heavy atom. The summed E-state index contributed by atoms with van der Waals surface area (Å²) in [6.07, 6.45) is 1.35. The fraction of sp³-hybridized carbons (Fsp3) is 0.564. The molecular formula is C39H60N6O4Si2. The van der Waals surface area contributed by atoms with Gasteiger partial charge in [0.2, 0.25) is 0 Å². The molecule has 51 heavy (non-hydrogen) atoms. The van der Waals surface area contributed by atoms with E-state index in [-0.39, 0.29) is 28.7 Å². The molecule has 3 heterocycles. The molecule has 0 aliphatic carbocycles. The number of aromatic nitrogens is 4. The maximum Gasteiger partial charge on any atom is 0.193 e. The molecular weight excluding hydrogens is 673 g/mol. The van der Waals surface area contributed by atoms with Crippen molar-refractivity contribution < 1.29 is 18.3 Å². The standard InChI is InChI=1S/C39H60N6O4Si2/c1-37(2,3)50(8,9)48-31-25-47-36(39(31,26-46-7)49-51(10,11)38(4,5)6)45-27-42-33-34(43-32(22-23-40)44-35(33)45)41-24-30(28-18-14-12-15-19-28)29-20-16-13-17-21-29/h12-21,27,30-31,36H,22-26,40H2,1-11H3,(H,41,43,44). The third kappa shape index (κ3) is 8.17. The van der Waals surface area contributed by atoms with Gasteiger partial charge in [0.25, 0.3) is 0 Å². The number of nitrogens with one attached hydrogen (secondary N) is 1. The Morgan fingerprint density at radius 1 is 0.922 bits per heavy atom. The first-order valence-electron chi connectivity index (χ1n) is 18.2. The molecule has 2 aromatic heterocycles. The number of anilines is 1. The monoisotopic (exact) mass is 732 g/mol. The van der Waals surface area contributed by atoms with Gasteiger partial charge in [-0.3, -0.25) is 4.57 Å². The number of hydrogen-bond acceptors (Lipinski definition) is 9. The maximum absolute atomic E-state index is 7.49. The summed E-state index contributed by atoms with van der Waals surface area (Å²) in [6, 6.07) is 21.1. The highest BCUT2D eigenvalue weighted by Crippen LogP contribution is 2.50. The minimum Gasteiger partial charge on any atom is -0.408 e. The topological polar surface area (TPSA) is 119 Å². The van der Waals surface area contributed by atoms with Crippen molar-refractivity contribution in [2.24, 2.45) is 5.73 Å². The van der Waals surface area contributed by atoms with Gasteiger partial charge in [0.15, 0.2) is 45.4 Å². The van der Waals surface area contributed by atoms with Gasteiger partial charge < -0.3 is 29.4 Å². The molecule has 0 saturated carbocycles. The number of ether oxygens (including phenoxy) is 2. The maximum atomic E-state index is 7.49. The molecule has 0 bridgehead atoms. The quantitative estimate of drug-likeness (QED) is 0.125. The second-order valence-electron chi connectivity index (χ2n) is 16.9. The van der Waals surface area contributed by atoms with Crippen LogP contribution in [0.1, 0.15) is 70.6 Å². The largest absolute Gasteiger partial charge is 0.408 e. The molecule has 2 aromatic carbocycles. The lowest BCUT2D eigenvalue weighted by Gasteiger charge is -2.49. The fourth-order valence-electron chi connectivity index (χ4n) is 6.26. The number of rotatable bonds is 14. The van der Waals surface area contributed by atoms with Crippen LogP contribution in [0.4, 0.5) is 5.82 Å². The zero-order chi connectivity index (χ0) is 37.2. The molecule has 3 unspecified atom stereocenters. The number of imidazole rings is 1. The average molecular weight is 733 g/mol. The van der Waals surface area contributed by atoms with Gasteiger partial charge in [-0.05, 0) is 53.9 Å². The van der Waals surface area contributed by atoms with E-state index < -0.39 is 28.5 Å². The van der Waals surface area contributed by atoms with Crippen LogP contribution in [0, 0.1) is 0 Å². The first kappa shape index (κ1) is 39.2. The Bertz CT molecular complexity index is 1700. The lowest BCUT2D eigenvalue weighted by Crippen LogP contribution is -2.61. The molecule has 10 nitrogen and oxygen atoms in total. The fourth-order valence-corrected chi connectivity index (χ4v) is 9.14. The number of methoxy groups -OCH3 is 1. The van der Waals surface area contributed by atoms with E-state index in [0.717, 1.165) is 0 Å². The SMILES string of the molecule is COCC1(O[Si](C)(C)C(C)(C)C)C(O[Si](C)(C)C(C)(C)C)COC1n1cnc2c(NCC(c3ccccc3)c3ccccc3)nc(CCN)nc21. The molecule has 1 fully saturated rings. The van der Waals surface area contributed by atoms with Crippen molar-refractivity contribution in [1.29, 1.82) is 0 Å². The Morgan fingerprint density at radius 3 is 2.04 bits per heavy atom. The normalized spacial score (nSPS) is 20.4. The van der Waals surface area contributed by atoms with Crippen molar-refractivity contribution in [1.82, 2.24) is 19.5 Å².